The summed E-state index contributed by atoms with van der Waals surface area (Å²) in [6.07, 6.45) is 3.40. The van der Waals surface area contributed by atoms with E-state index < -0.39 is 0 Å². The van der Waals surface area contributed by atoms with Gasteiger partial charge in [0.2, 0.25) is 0 Å². The number of methoxy groups -OCH3 is 1. The highest BCUT2D eigenvalue weighted by atomic mass is 16.5. The van der Waals surface area contributed by atoms with Crippen molar-refractivity contribution in [3.63, 3.8) is 0 Å². The van der Waals surface area contributed by atoms with Gasteiger partial charge in [-0.25, -0.2) is 4.79 Å². The van der Waals surface area contributed by atoms with E-state index in [0.29, 0.717) is 6.04 Å². The number of anilines is 1. The van der Waals surface area contributed by atoms with E-state index in [-0.39, 0.29) is 6.03 Å². The van der Waals surface area contributed by atoms with Gasteiger partial charge in [0.15, 0.2) is 0 Å². The highest BCUT2D eigenvalue weighted by Crippen LogP contribution is 2.18. The zero-order chi connectivity index (χ0) is 11.4. The zero-order valence-electron chi connectivity index (χ0n) is 9.32. The fraction of sp³-hybridized carbons (Fsp3) is 0.417. The Morgan fingerprint density at radius 2 is 2.00 bits per heavy atom. The molecule has 1 aromatic carbocycles. The first-order valence-electron chi connectivity index (χ1n) is 5.49. The minimum Gasteiger partial charge on any atom is -0.497 e. The van der Waals surface area contributed by atoms with E-state index in [9.17, 15) is 4.79 Å². The second-order valence-corrected chi connectivity index (χ2v) is 3.95. The first-order chi connectivity index (χ1) is 7.78. The van der Waals surface area contributed by atoms with E-state index in [1.807, 2.05) is 24.3 Å². The number of carbonyl (C=O) groups excluding carboxylic acids is 1. The topological polar surface area (TPSA) is 50.4 Å². The summed E-state index contributed by atoms with van der Waals surface area (Å²) in [7, 11) is 1.62. The second-order valence-electron chi connectivity index (χ2n) is 3.95. The normalized spacial score (nSPS) is 15.1. The molecule has 16 heavy (non-hydrogen) atoms. The van der Waals surface area contributed by atoms with Crippen molar-refractivity contribution < 1.29 is 9.53 Å². The predicted molar refractivity (Wildman–Crippen MR) is 62.8 cm³/mol. The highest BCUT2D eigenvalue weighted by Gasteiger charge is 2.19. The largest absolute Gasteiger partial charge is 0.497 e. The average molecular weight is 220 g/mol. The quantitative estimate of drug-likeness (QED) is 0.821. The van der Waals surface area contributed by atoms with Crippen LogP contribution in [0, 0.1) is 0 Å². The van der Waals surface area contributed by atoms with Crippen molar-refractivity contribution in [2.45, 2.75) is 25.3 Å². The molecule has 0 aromatic heterocycles. The highest BCUT2D eigenvalue weighted by molar-refractivity contribution is 5.89. The SMILES string of the molecule is COc1ccc(NC(=O)NC2CCC2)cc1. The minimum absolute atomic E-state index is 0.130. The molecule has 4 heteroatoms. The van der Waals surface area contributed by atoms with Gasteiger partial charge in [0.1, 0.15) is 5.75 Å². The molecule has 4 nitrogen and oxygen atoms in total. The van der Waals surface area contributed by atoms with Crippen LogP contribution in [-0.4, -0.2) is 19.2 Å². The van der Waals surface area contributed by atoms with E-state index >= 15 is 0 Å². The third kappa shape index (κ3) is 2.66. The fourth-order valence-corrected chi connectivity index (χ4v) is 1.58. The van der Waals surface area contributed by atoms with Crippen LogP contribution in [0.3, 0.4) is 0 Å². The maximum Gasteiger partial charge on any atom is 0.319 e. The molecule has 1 aromatic rings. The lowest BCUT2D eigenvalue weighted by molar-refractivity contribution is 0.240. The van der Waals surface area contributed by atoms with Crippen LogP contribution >= 0.6 is 0 Å². The minimum atomic E-state index is -0.130. The first kappa shape index (κ1) is 10.8. The third-order valence-electron chi connectivity index (χ3n) is 2.79. The summed E-state index contributed by atoms with van der Waals surface area (Å²) >= 11 is 0. The van der Waals surface area contributed by atoms with Crippen molar-refractivity contribution in [2.24, 2.45) is 0 Å². The van der Waals surface area contributed by atoms with Gasteiger partial charge in [0.25, 0.3) is 0 Å². The Morgan fingerprint density at radius 3 is 2.50 bits per heavy atom. The van der Waals surface area contributed by atoms with Crippen molar-refractivity contribution >= 4 is 11.7 Å². The standard InChI is InChI=1S/C12H16N2O2/c1-16-11-7-5-10(6-8-11)14-12(15)13-9-3-2-4-9/h5-9H,2-4H2,1H3,(H2,13,14,15). The van der Waals surface area contributed by atoms with Crippen LogP contribution in [0.5, 0.6) is 5.75 Å². The van der Waals surface area contributed by atoms with Crippen molar-refractivity contribution in [1.29, 1.82) is 0 Å². The number of ether oxygens (including phenoxy) is 1. The van der Waals surface area contributed by atoms with E-state index in [4.69, 9.17) is 4.74 Å². The summed E-state index contributed by atoms with van der Waals surface area (Å²) in [6, 6.07) is 7.50. The van der Waals surface area contributed by atoms with Gasteiger partial charge in [-0.05, 0) is 43.5 Å². The van der Waals surface area contributed by atoms with E-state index in [0.717, 1.165) is 24.3 Å². The van der Waals surface area contributed by atoms with Crippen LogP contribution in [0.25, 0.3) is 0 Å². The molecule has 1 fully saturated rings. The van der Waals surface area contributed by atoms with Crippen molar-refractivity contribution in [3.05, 3.63) is 24.3 Å². The molecule has 1 aliphatic carbocycles. The van der Waals surface area contributed by atoms with Crippen molar-refractivity contribution in [2.75, 3.05) is 12.4 Å². The van der Waals surface area contributed by atoms with Gasteiger partial charge in [-0.1, -0.05) is 0 Å². The molecule has 2 amide bonds. The van der Waals surface area contributed by atoms with Gasteiger partial charge in [0.05, 0.1) is 7.11 Å². The predicted octanol–water partition coefficient (Wildman–Crippen LogP) is 2.37. The Hall–Kier alpha value is -1.71. The molecule has 0 radical (unpaired) electrons. The molecule has 0 aliphatic heterocycles. The Kier molecular flexibility index (Phi) is 3.29. The molecular formula is C12H16N2O2. The maximum atomic E-state index is 11.5. The molecule has 2 N–H and O–H groups in total. The summed E-state index contributed by atoms with van der Waals surface area (Å²) in [5.74, 6) is 0.782. The second kappa shape index (κ2) is 4.88. The monoisotopic (exact) mass is 220 g/mol. The number of benzene rings is 1. The first-order valence-corrected chi connectivity index (χ1v) is 5.49. The van der Waals surface area contributed by atoms with Crippen LogP contribution in [0.1, 0.15) is 19.3 Å². The van der Waals surface area contributed by atoms with Gasteiger partial charge < -0.3 is 15.4 Å². The number of hydrogen-bond donors (Lipinski definition) is 2. The van der Waals surface area contributed by atoms with Crippen LogP contribution in [-0.2, 0) is 0 Å². The fourth-order valence-electron chi connectivity index (χ4n) is 1.58. The van der Waals surface area contributed by atoms with Crippen LogP contribution in [0.15, 0.2) is 24.3 Å². The number of hydrogen-bond acceptors (Lipinski definition) is 2. The summed E-state index contributed by atoms with van der Waals surface area (Å²) < 4.78 is 5.04. The third-order valence-corrected chi connectivity index (χ3v) is 2.79. The average Bonchev–Trinajstić information content (AvgIpc) is 2.25. The lowest BCUT2D eigenvalue weighted by Gasteiger charge is -2.26. The molecule has 1 saturated carbocycles. The van der Waals surface area contributed by atoms with Gasteiger partial charge in [0, 0.05) is 11.7 Å². The summed E-state index contributed by atoms with van der Waals surface area (Å²) in [6.45, 7) is 0. The number of rotatable bonds is 3. The Morgan fingerprint density at radius 1 is 1.31 bits per heavy atom. The molecule has 0 unspecified atom stereocenters. The Balaban J connectivity index is 1.84. The van der Waals surface area contributed by atoms with Gasteiger partial charge in [-0.15, -0.1) is 0 Å². The van der Waals surface area contributed by atoms with Gasteiger partial charge in [-0.3, -0.25) is 0 Å². The zero-order valence-corrected chi connectivity index (χ0v) is 9.32. The molecule has 0 saturated heterocycles. The lowest BCUT2D eigenvalue weighted by atomic mass is 9.93. The molecule has 0 atom stereocenters. The smallest absolute Gasteiger partial charge is 0.319 e. The van der Waals surface area contributed by atoms with Crippen molar-refractivity contribution in [1.82, 2.24) is 5.32 Å². The lowest BCUT2D eigenvalue weighted by Crippen LogP contribution is -2.41. The Labute approximate surface area is 95.0 Å². The molecule has 0 spiro atoms. The van der Waals surface area contributed by atoms with E-state index in [1.54, 1.807) is 7.11 Å². The summed E-state index contributed by atoms with van der Waals surface area (Å²) in [5, 5.41) is 5.70. The number of carbonyl (C=O) groups is 1. The van der Waals surface area contributed by atoms with E-state index in [2.05, 4.69) is 10.6 Å². The number of urea groups is 1. The van der Waals surface area contributed by atoms with E-state index in [1.165, 1.54) is 6.42 Å². The molecular weight excluding hydrogens is 204 g/mol. The molecule has 0 heterocycles. The Bertz CT molecular complexity index is 358. The molecule has 1 aliphatic rings. The molecule has 0 bridgehead atoms. The van der Waals surface area contributed by atoms with Crippen LogP contribution in [0.4, 0.5) is 10.5 Å². The molecule has 86 valence electrons. The number of amides is 2. The maximum absolute atomic E-state index is 11.5. The van der Waals surface area contributed by atoms with Crippen LogP contribution in [0.2, 0.25) is 0 Å². The van der Waals surface area contributed by atoms with Gasteiger partial charge in [-0.2, -0.15) is 0 Å². The van der Waals surface area contributed by atoms with Gasteiger partial charge >= 0.3 is 6.03 Å². The van der Waals surface area contributed by atoms with Crippen molar-refractivity contribution in [3.8, 4) is 5.75 Å². The summed E-state index contributed by atoms with van der Waals surface area (Å²) in [4.78, 5) is 11.5. The van der Waals surface area contributed by atoms with Crippen LogP contribution < -0.4 is 15.4 Å². The molecule has 2 rings (SSSR count). The summed E-state index contributed by atoms with van der Waals surface area (Å²) in [5.41, 5.74) is 0.776. The number of nitrogens with one attached hydrogen (secondary N) is 2.